The number of hydrogen-bond donors (Lipinski definition) is 1. The van der Waals surface area contributed by atoms with Gasteiger partial charge in [0, 0.05) is 22.6 Å². The van der Waals surface area contributed by atoms with E-state index < -0.39 is 12.1 Å². The average molecular weight is 507 g/mol. The number of hydrogen-bond acceptors (Lipinski definition) is 8. The third-order valence-electron chi connectivity index (χ3n) is 7.30. The van der Waals surface area contributed by atoms with Crippen molar-refractivity contribution in [2.45, 2.75) is 26.4 Å². The molecule has 0 amide bonds. The lowest BCUT2D eigenvalue weighted by Crippen LogP contribution is -2.26. The van der Waals surface area contributed by atoms with Crippen LogP contribution in [0.4, 0.5) is 0 Å². The van der Waals surface area contributed by atoms with E-state index in [9.17, 15) is 9.90 Å². The van der Waals surface area contributed by atoms with Gasteiger partial charge >= 0.3 is 5.97 Å². The van der Waals surface area contributed by atoms with Crippen LogP contribution in [0.1, 0.15) is 41.4 Å². The predicted octanol–water partition coefficient (Wildman–Crippen LogP) is 5.54. The van der Waals surface area contributed by atoms with E-state index in [0.717, 1.165) is 5.56 Å². The van der Waals surface area contributed by atoms with Gasteiger partial charge in [-0.2, -0.15) is 0 Å². The normalized spacial score (nSPS) is 19.6. The molecule has 2 aliphatic rings. The highest BCUT2D eigenvalue weighted by Crippen LogP contribution is 2.58. The molecule has 3 atom stereocenters. The predicted molar refractivity (Wildman–Crippen MR) is 136 cm³/mol. The largest absolute Gasteiger partial charge is 0.504 e. The van der Waals surface area contributed by atoms with Crippen molar-refractivity contribution in [1.29, 1.82) is 0 Å². The molecule has 0 saturated carbocycles. The van der Waals surface area contributed by atoms with Crippen molar-refractivity contribution >= 4 is 5.97 Å². The molecule has 3 aromatic carbocycles. The third-order valence-corrected chi connectivity index (χ3v) is 7.30. The van der Waals surface area contributed by atoms with Crippen molar-refractivity contribution in [2.24, 2.45) is 11.8 Å². The van der Waals surface area contributed by atoms with Crippen molar-refractivity contribution in [2.75, 3.05) is 28.1 Å². The first-order valence-corrected chi connectivity index (χ1v) is 12.1. The number of fused-ring (bicyclic) bond motifs is 4. The van der Waals surface area contributed by atoms with Gasteiger partial charge in [-0.1, -0.05) is 32.0 Å². The average Bonchev–Trinajstić information content (AvgIpc) is 3.38. The van der Waals surface area contributed by atoms with Gasteiger partial charge in [-0.05, 0) is 42.2 Å². The maximum Gasteiger partial charge on any atom is 0.338 e. The van der Waals surface area contributed by atoms with Gasteiger partial charge in [0.1, 0.15) is 6.10 Å². The SMILES string of the molecule is COc1cc2c(c(O)c1OC)-c1c(cc3c(c1OC)OCO3)[C@H](OC(=O)c1ccccc1)[C@H](C)C(C)C2. The number of esters is 1. The molecule has 3 aromatic rings. The van der Waals surface area contributed by atoms with Crippen LogP contribution in [0.15, 0.2) is 42.5 Å². The van der Waals surface area contributed by atoms with Crippen LogP contribution in [0, 0.1) is 11.8 Å². The summed E-state index contributed by atoms with van der Waals surface area (Å²) >= 11 is 0. The number of ether oxygens (including phenoxy) is 6. The number of methoxy groups -OCH3 is 3. The minimum atomic E-state index is -0.665. The Hall–Kier alpha value is -4.07. The van der Waals surface area contributed by atoms with E-state index in [0.29, 0.717) is 51.7 Å². The molecular weight excluding hydrogens is 476 g/mol. The van der Waals surface area contributed by atoms with Crippen LogP contribution < -0.4 is 23.7 Å². The second-order valence-electron chi connectivity index (χ2n) is 9.34. The quantitative estimate of drug-likeness (QED) is 0.451. The van der Waals surface area contributed by atoms with Crippen LogP contribution >= 0.6 is 0 Å². The number of carbonyl (C=O) groups excluding carboxylic acids is 1. The third kappa shape index (κ3) is 4.06. The monoisotopic (exact) mass is 506 g/mol. The zero-order valence-corrected chi connectivity index (χ0v) is 21.5. The molecule has 1 unspecified atom stereocenters. The molecule has 0 fully saturated rings. The molecule has 5 rings (SSSR count). The molecular formula is C29H30O8. The molecule has 1 aliphatic carbocycles. The Balaban J connectivity index is 1.80. The lowest BCUT2D eigenvalue weighted by molar-refractivity contribution is 0.00701. The zero-order valence-electron chi connectivity index (χ0n) is 21.5. The van der Waals surface area contributed by atoms with Gasteiger partial charge in [-0.15, -0.1) is 0 Å². The summed E-state index contributed by atoms with van der Waals surface area (Å²) in [4.78, 5) is 13.3. The van der Waals surface area contributed by atoms with Gasteiger partial charge in [0.15, 0.2) is 23.0 Å². The maximum absolute atomic E-state index is 13.3. The Labute approximate surface area is 215 Å². The molecule has 0 radical (unpaired) electrons. The van der Waals surface area contributed by atoms with Gasteiger partial charge in [0.25, 0.3) is 0 Å². The van der Waals surface area contributed by atoms with E-state index in [2.05, 4.69) is 13.8 Å². The maximum atomic E-state index is 13.3. The molecule has 1 N–H and O–H groups in total. The highest BCUT2D eigenvalue weighted by Gasteiger charge is 2.39. The summed E-state index contributed by atoms with van der Waals surface area (Å²) in [5.41, 5.74) is 3.02. The number of carbonyl (C=O) groups is 1. The van der Waals surface area contributed by atoms with Crippen molar-refractivity contribution in [3.8, 4) is 45.6 Å². The Kier molecular flexibility index (Phi) is 6.50. The van der Waals surface area contributed by atoms with E-state index in [-0.39, 0.29) is 30.1 Å². The Bertz CT molecular complexity index is 1330. The highest BCUT2D eigenvalue weighted by atomic mass is 16.7. The van der Waals surface area contributed by atoms with E-state index in [4.69, 9.17) is 28.4 Å². The van der Waals surface area contributed by atoms with Crippen LogP contribution in [0.3, 0.4) is 0 Å². The molecule has 0 bridgehead atoms. The molecule has 194 valence electrons. The molecule has 0 aromatic heterocycles. The van der Waals surface area contributed by atoms with Crippen LogP contribution in [0.5, 0.6) is 34.5 Å². The molecule has 1 aliphatic heterocycles. The summed E-state index contributed by atoms with van der Waals surface area (Å²) in [6, 6.07) is 12.6. The van der Waals surface area contributed by atoms with E-state index >= 15 is 0 Å². The van der Waals surface area contributed by atoms with Gasteiger partial charge in [0.05, 0.1) is 26.9 Å². The molecule has 37 heavy (non-hydrogen) atoms. The highest BCUT2D eigenvalue weighted by molar-refractivity contribution is 5.91. The summed E-state index contributed by atoms with van der Waals surface area (Å²) in [6.45, 7) is 4.18. The lowest BCUT2D eigenvalue weighted by atomic mass is 9.76. The summed E-state index contributed by atoms with van der Waals surface area (Å²) in [5, 5.41) is 11.5. The topological polar surface area (TPSA) is 92.7 Å². The van der Waals surface area contributed by atoms with E-state index in [1.807, 2.05) is 18.2 Å². The number of phenols is 1. The first-order chi connectivity index (χ1) is 17.9. The molecule has 1 heterocycles. The smallest absolute Gasteiger partial charge is 0.338 e. The number of phenolic OH excluding ortho intramolecular Hbond substituents is 1. The van der Waals surface area contributed by atoms with Crippen LogP contribution in [0.2, 0.25) is 0 Å². The summed E-state index contributed by atoms with van der Waals surface area (Å²) in [5.74, 6) is 1.35. The molecule has 8 heteroatoms. The first kappa shape index (κ1) is 24.6. The fourth-order valence-corrected chi connectivity index (χ4v) is 5.22. The molecule has 8 nitrogen and oxygen atoms in total. The minimum absolute atomic E-state index is 0.0276. The van der Waals surface area contributed by atoms with Crippen molar-refractivity contribution in [3.05, 3.63) is 59.2 Å². The summed E-state index contributed by atoms with van der Waals surface area (Å²) in [6.07, 6.45) is -0.0809. The first-order valence-electron chi connectivity index (χ1n) is 12.1. The standard InChI is InChI=1S/C29H30O8/c1-15-11-18-12-20(32-3)26(33-4)24(30)22(18)23-19(13-21-27(28(23)34-5)36-14-35-21)25(16(15)2)37-29(31)17-9-7-6-8-10-17/h6-10,12-13,15-16,25,30H,11,14H2,1-5H3/t15?,16-,25-/m1/s1. The van der Waals surface area contributed by atoms with Crippen molar-refractivity contribution in [3.63, 3.8) is 0 Å². The number of aromatic hydroxyl groups is 1. The van der Waals surface area contributed by atoms with Gasteiger partial charge in [-0.3, -0.25) is 0 Å². The number of rotatable bonds is 5. The fraction of sp³-hybridized carbons (Fsp3) is 0.345. The second kappa shape index (κ2) is 9.76. The van der Waals surface area contributed by atoms with Gasteiger partial charge in [0.2, 0.25) is 18.3 Å². The number of benzene rings is 3. The van der Waals surface area contributed by atoms with Crippen LogP contribution in [-0.2, 0) is 11.2 Å². The van der Waals surface area contributed by atoms with Gasteiger partial charge in [-0.25, -0.2) is 4.79 Å². The van der Waals surface area contributed by atoms with Gasteiger partial charge < -0.3 is 33.5 Å². The van der Waals surface area contributed by atoms with Crippen molar-refractivity contribution < 1.29 is 38.3 Å². The lowest BCUT2D eigenvalue weighted by Gasteiger charge is -2.35. The zero-order chi connectivity index (χ0) is 26.3. The van der Waals surface area contributed by atoms with Crippen LogP contribution in [-0.4, -0.2) is 39.2 Å². The summed E-state index contributed by atoms with van der Waals surface area (Å²) in [7, 11) is 4.54. The van der Waals surface area contributed by atoms with E-state index in [1.54, 1.807) is 24.3 Å². The van der Waals surface area contributed by atoms with Crippen molar-refractivity contribution in [1.82, 2.24) is 0 Å². The molecule has 0 saturated heterocycles. The van der Waals surface area contributed by atoms with E-state index in [1.165, 1.54) is 21.3 Å². The Morgan fingerprint density at radius 3 is 2.35 bits per heavy atom. The minimum Gasteiger partial charge on any atom is -0.504 e. The van der Waals surface area contributed by atoms with Crippen LogP contribution in [0.25, 0.3) is 11.1 Å². The Morgan fingerprint density at radius 2 is 1.68 bits per heavy atom. The fourth-order valence-electron chi connectivity index (χ4n) is 5.22. The Morgan fingerprint density at radius 1 is 0.946 bits per heavy atom. The summed E-state index contributed by atoms with van der Waals surface area (Å²) < 4.78 is 34.6. The molecule has 0 spiro atoms. The second-order valence-corrected chi connectivity index (χ2v) is 9.34.